The molecule has 1 atom stereocenters. The number of nitrogens with one attached hydrogen (secondary N) is 1. The van der Waals surface area contributed by atoms with Gasteiger partial charge < -0.3 is 5.32 Å². The van der Waals surface area contributed by atoms with Crippen molar-refractivity contribution in [1.29, 1.82) is 5.26 Å². The van der Waals surface area contributed by atoms with Gasteiger partial charge in [-0.05, 0) is 24.5 Å². The summed E-state index contributed by atoms with van der Waals surface area (Å²) >= 11 is 0. The van der Waals surface area contributed by atoms with Crippen molar-refractivity contribution in [2.45, 2.75) is 44.1 Å². The third-order valence-corrected chi connectivity index (χ3v) is 4.97. The number of hydrogen-bond acceptors (Lipinski definition) is 3. The molecule has 1 aromatic heterocycles. The van der Waals surface area contributed by atoms with E-state index in [-0.39, 0.29) is 11.8 Å². The number of aromatic nitrogens is 2. The number of rotatable bonds is 2. The lowest BCUT2D eigenvalue weighted by molar-refractivity contribution is -0.116. The van der Waals surface area contributed by atoms with Crippen molar-refractivity contribution in [2.75, 3.05) is 5.32 Å². The molecule has 5 nitrogen and oxygen atoms in total. The molecule has 0 radical (unpaired) electrons. The fourth-order valence-electron chi connectivity index (χ4n) is 3.84. The highest BCUT2D eigenvalue weighted by atomic mass is 16.1. The molecule has 5 heteroatoms. The van der Waals surface area contributed by atoms with Crippen LogP contribution in [0.25, 0.3) is 0 Å². The van der Waals surface area contributed by atoms with Crippen LogP contribution in [-0.4, -0.2) is 15.7 Å². The SMILES string of the molecule is N#Cc1ccccc1C1CC(=O)Nc2c1cnn2C1CCCC1. The zero-order valence-electron chi connectivity index (χ0n) is 12.8. The molecule has 1 aliphatic heterocycles. The number of fused-ring (bicyclic) bond motifs is 1. The van der Waals surface area contributed by atoms with Gasteiger partial charge in [0.2, 0.25) is 5.91 Å². The van der Waals surface area contributed by atoms with Crippen LogP contribution in [0.15, 0.2) is 30.5 Å². The highest BCUT2D eigenvalue weighted by Gasteiger charge is 2.33. The van der Waals surface area contributed by atoms with Crippen LogP contribution in [0, 0.1) is 11.3 Å². The third-order valence-electron chi connectivity index (χ3n) is 4.97. The Morgan fingerprint density at radius 3 is 2.78 bits per heavy atom. The Bertz CT molecular complexity index is 796. The Kier molecular flexibility index (Phi) is 3.38. The van der Waals surface area contributed by atoms with Crippen molar-refractivity contribution in [3.8, 4) is 6.07 Å². The summed E-state index contributed by atoms with van der Waals surface area (Å²) in [5.41, 5.74) is 2.57. The largest absolute Gasteiger partial charge is 0.311 e. The Morgan fingerprint density at radius 2 is 2.00 bits per heavy atom. The summed E-state index contributed by atoms with van der Waals surface area (Å²) in [6, 6.07) is 10.1. The number of nitriles is 1. The van der Waals surface area contributed by atoms with Gasteiger partial charge in [0, 0.05) is 17.9 Å². The van der Waals surface area contributed by atoms with Crippen molar-refractivity contribution in [2.24, 2.45) is 0 Å². The van der Waals surface area contributed by atoms with Crippen LogP contribution >= 0.6 is 0 Å². The minimum Gasteiger partial charge on any atom is -0.311 e. The van der Waals surface area contributed by atoms with Gasteiger partial charge in [-0.3, -0.25) is 4.79 Å². The van der Waals surface area contributed by atoms with Crippen LogP contribution in [0.3, 0.4) is 0 Å². The molecule has 1 amide bonds. The standard InChI is InChI=1S/C18H18N4O/c19-10-12-5-1-4-8-14(12)15-9-17(23)21-18-16(15)11-20-22(18)13-6-2-3-7-13/h1,4-5,8,11,13,15H,2-3,6-7,9H2,(H,21,23). The molecule has 1 fully saturated rings. The maximum absolute atomic E-state index is 12.2. The van der Waals surface area contributed by atoms with Gasteiger partial charge in [-0.2, -0.15) is 10.4 Å². The quantitative estimate of drug-likeness (QED) is 0.925. The number of hydrogen-bond donors (Lipinski definition) is 1. The summed E-state index contributed by atoms with van der Waals surface area (Å²) in [6.45, 7) is 0. The molecule has 1 aromatic carbocycles. The molecule has 1 aliphatic carbocycles. The second kappa shape index (κ2) is 5.54. The van der Waals surface area contributed by atoms with Gasteiger partial charge in [0.15, 0.2) is 0 Å². The van der Waals surface area contributed by atoms with Crippen LogP contribution in [0.5, 0.6) is 0 Å². The van der Waals surface area contributed by atoms with Crippen LogP contribution in [0.1, 0.15) is 60.8 Å². The molecule has 0 bridgehead atoms. The summed E-state index contributed by atoms with van der Waals surface area (Å²) in [5, 5.41) is 16.9. The smallest absolute Gasteiger partial charge is 0.226 e. The maximum Gasteiger partial charge on any atom is 0.226 e. The van der Waals surface area contributed by atoms with Gasteiger partial charge in [-0.15, -0.1) is 0 Å². The van der Waals surface area contributed by atoms with E-state index in [1.807, 2.05) is 35.1 Å². The predicted octanol–water partition coefficient (Wildman–Crippen LogP) is 3.34. The highest BCUT2D eigenvalue weighted by molar-refractivity contribution is 5.94. The number of nitrogens with zero attached hydrogens (tertiary/aromatic N) is 3. The monoisotopic (exact) mass is 306 g/mol. The summed E-state index contributed by atoms with van der Waals surface area (Å²) in [4.78, 5) is 12.2. The number of carbonyl (C=O) groups excluding carboxylic acids is 1. The first-order valence-electron chi connectivity index (χ1n) is 8.14. The van der Waals surface area contributed by atoms with Gasteiger partial charge in [0.1, 0.15) is 5.82 Å². The van der Waals surface area contributed by atoms with E-state index in [0.717, 1.165) is 29.8 Å². The summed E-state index contributed by atoms with van der Waals surface area (Å²) in [6.07, 6.45) is 6.89. The first kappa shape index (κ1) is 14.0. The minimum atomic E-state index is -0.0928. The van der Waals surface area contributed by atoms with Crippen LogP contribution in [-0.2, 0) is 4.79 Å². The molecule has 1 unspecified atom stereocenters. The second-order valence-electron chi connectivity index (χ2n) is 6.34. The van der Waals surface area contributed by atoms with Crippen molar-refractivity contribution in [3.63, 3.8) is 0 Å². The molecule has 4 rings (SSSR count). The molecule has 1 saturated carbocycles. The highest BCUT2D eigenvalue weighted by Crippen LogP contribution is 2.41. The van der Waals surface area contributed by atoms with E-state index in [1.165, 1.54) is 12.8 Å². The number of amides is 1. The Labute approximate surface area is 134 Å². The van der Waals surface area contributed by atoms with E-state index in [0.29, 0.717) is 18.0 Å². The summed E-state index contributed by atoms with van der Waals surface area (Å²) < 4.78 is 1.99. The van der Waals surface area contributed by atoms with Crippen molar-refractivity contribution in [1.82, 2.24) is 9.78 Å². The molecule has 0 saturated heterocycles. The van der Waals surface area contributed by atoms with E-state index in [9.17, 15) is 10.1 Å². The van der Waals surface area contributed by atoms with Crippen LogP contribution in [0.4, 0.5) is 5.82 Å². The molecular formula is C18H18N4O. The average molecular weight is 306 g/mol. The predicted molar refractivity (Wildman–Crippen MR) is 86.0 cm³/mol. The second-order valence-corrected chi connectivity index (χ2v) is 6.34. The third kappa shape index (κ3) is 2.31. The topological polar surface area (TPSA) is 70.7 Å². The van der Waals surface area contributed by atoms with E-state index in [1.54, 1.807) is 0 Å². The number of benzene rings is 1. The molecule has 116 valence electrons. The molecular weight excluding hydrogens is 288 g/mol. The van der Waals surface area contributed by atoms with Gasteiger partial charge in [0.25, 0.3) is 0 Å². The molecule has 0 spiro atoms. The van der Waals surface area contributed by atoms with E-state index in [2.05, 4.69) is 16.5 Å². The zero-order chi connectivity index (χ0) is 15.8. The average Bonchev–Trinajstić information content (AvgIpc) is 3.22. The van der Waals surface area contributed by atoms with E-state index < -0.39 is 0 Å². The van der Waals surface area contributed by atoms with Crippen LogP contribution < -0.4 is 5.32 Å². The van der Waals surface area contributed by atoms with Gasteiger partial charge in [-0.1, -0.05) is 31.0 Å². The van der Waals surface area contributed by atoms with Crippen molar-refractivity contribution in [3.05, 3.63) is 47.2 Å². The maximum atomic E-state index is 12.2. The molecule has 2 aromatic rings. The number of carbonyl (C=O) groups is 1. The Balaban J connectivity index is 1.80. The zero-order valence-corrected chi connectivity index (χ0v) is 12.8. The molecule has 1 N–H and O–H groups in total. The summed E-state index contributed by atoms with van der Waals surface area (Å²) in [7, 11) is 0. The summed E-state index contributed by atoms with van der Waals surface area (Å²) in [5.74, 6) is 0.727. The lowest BCUT2D eigenvalue weighted by atomic mass is 9.85. The molecule has 2 heterocycles. The first-order chi connectivity index (χ1) is 11.3. The molecule has 2 aliphatic rings. The normalized spacial score (nSPS) is 20.8. The van der Waals surface area contributed by atoms with Gasteiger partial charge in [0.05, 0.1) is 23.9 Å². The van der Waals surface area contributed by atoms with Gasteiger partial charge in [-0.25, -0.2) is 4.68 Å². The lowest BCUT2D eigenvalue weighted by Crippen LogP contribution is -2.26. The lowest BCUT2D eigenvalue weighted by Gasteiger charge is -2.25. The minimum absolute atomic E-state index is 0.00464. The van der Waals surface area contributed by atoms with Crippen molar-refractivity contribution < 1.29 is 4.79 Å². The fourth-order valence-corrected chi connectivity index (χ4v) is 3.84. The molecule has 23 heavy (non-hydrogen) atoms. The Morgan fingerprint density at radius 1 is 1.22 bits per heavy atom. The van der Waals surface area contributed by atoms with Crippen LogP contribution in [0.2, 0.25) is 0 Å². The number of anilines is 1. The van der Waals surface area contributed by atoms with E-state index >= 15 is 0 Å². The van der Waals surface area contributed by atoms with Crippen molar-refractivity contribution >= 4 is 11.7 Å². The fraction of sp³-hybridized carbons (Fsp3) is 0.389. The van der Waals surface area contributed by atoms with E-state index in [4.69, 9.17) is 0 Å². The van der Waals surface area contributed by atoms with Gasteiger partial charge >= 0.3 is 0 Å². The Hall–Kier alpha value is -2.61. The first-order valence-corrected chi connectivity index (χ1v) is 8.14.